The number of nitrogens with zero attached hydrogens (tertiary/aromatic N) is 1. The first-order chi connectivity index (χ1) is 13.7. The molecule has 0 heterocycles. The average Bonchev–Trinajstić information content (AvgIpc) is 2.73. The Kier molecular flexibility index (Phi) is 9.23. The molecule has 0 saturated heterocycles. The quantitative estimate of drug-likeness (QED) is 0.240. The number of amides is 2. The SMILES string of the molecule is O=C(CCCCCCOc1cccc(C(=O)N/N=C/c2ccccc2)c1)NO. The van der Waals surface area contributed by atoms with Crippen molar-refractivity contribution in [3.05, 3.63) is 65.7 Å². The van der Waals surface area contributed by atoms with E-state index in [0.717, 1.165) is 31.2 Å². The van der Waals surface area contributed by atoms with Gasteiger partial charge in [-0.25, -0.2) is 10.9 Å². The Balaban J connectivity index is 1.70. The van der Waals surface area contributed by atoms with Crippen LogP contribution in [0.1, 0.15) is 48.0 Å². The second-order valence-corrected chi connectivity index (χ2v) is 6.19. The molecule has 7 nitrogen and oxygen atoms in total. The summed E-state index contributed by atoms with van der Waals surface area (Å²) in [6, 6.07) is 16.4. The Morgan fingerprint density at radius 1 is 1.00 bits per heavy atom. The maximum Gasteiger partial charge on any atom is 0.271 e. The van der Waals surface area contributed by atoms with Crippen LogP contribution in [0.5, 0.6) is 5.75 Å². The van der Waals surface area contributed by atoms with Gasteiger partial charge in [-0.2, -0.15) is 5.10 Å². The molecule has 0 atom stereocenters. The van der Waals surface area contributed by atoms with E-state index in [0.29, 0.717) is 24.3 Å². The minimum atomic E-state index is -0.362. The molecular formula is C21H25N3O4. The molecule has 0 spiro atoms. The molecule has 0 aromatic heterocycles. The van der Waals surface area contributed by atoms with Gasteiger partial charge in [0.2, 0.25) is 5.91 Å². The van der Waals surface area contributed by atoms with Gasteiger partial charge in [-0.05, 0) is 36.6 Å². The normalized spacial score (nSPS) is 10.6. The predicted octanol–water partition coefficient (Wildman–Crippen LogP) is 3.29. The highest BCUT2D eigenvalue weighted by atomic mass is 16.5. The van der Waals surface area contributed by atoms with Gasteiger partial charge in [0.1, 0.15) is 5.75 Å². The molecule has 0 radical (unpaired) electrons. The van der Waals surface area contributed by atoms with Crippen molar-refractivity contribution in [3.63, 3.8) is 0 Å². The molecule has 2 rings (SSSR count). The molecule has 7 heteroatoms. The monoisotopic (exact) mass is 383 g/mol. The molecule has 0 fully saturated rings. The van der Waals surface area contributed by atoms with Crippen LogP contribution in [0.4, 0.5) is 0 Å². The number of hydroxylamine groups is 1. The van der Waals surface area contributed by atoms with E-state index in [1.165, 1.54) is 0 Å². The molecule has 0 unspecified atom stereocenters. The van der Waals surface area contributed by atoms with Crippen molar-refractivity contribution in [1.29, 1.82) is 0 Å². The predicted molar refractivity (Wildman–Crippen MR) is 106 cm³/mol. The van der Waals surface area contributed by atoms with Crippen molar-refractivity contribution in [2.75, 3.05) is 6.61 Å². The molecule has 0 saturated carbocycles. The Morgan fingerprint density at radius 3 is 2.57 bits per heavy atom. The molecule has 3 N–H and O–H groups in total. The first-order valence-electron chi connectivity index (χ1n) is 9.23. The van der Waals surface area contributed by atoms with Crippen LogP contribution >= 0.6 is 0 Å². The van der Waals surface area contributed by atoms with Crippen molar-refractivity contribution in [2.24, 2.45) is 5.10 Å². The lowest BCUT2D eigenvalue weighted by molar-refractivity contribution is -0.129. The molecule has 28 heavy (non-hydrogen) atoms. The van der Waals surface area contributed by atoms with Gasteiger partial charge in [0.25, 0.3) is 5.91 Å². The van der Waals surface area contributed by atoms with Crippen LogP contribution in [-0.4, -0.2) is 29.8 Å². The maximum atomic E-state index is 12.2. The van der Waals surface area contributed by atoms with Gasteiger partial charge >= 0.3 is 0 Å². The van der Waals surface area contributed by atoms with Crippen molar-refractivity contribution in [1.82, 2.24) is 10.9 Å². The number of carbonyl (C=O) groups is 2. The van der Waals surface area contributed by atoms with Gasteiger partial charge in [0.05, 0.1) is 12.8 Å². The van der Waals surface area contributed by atoms with E-state index in [9.17, 15) is 9.59 Å². The van der Waals surface area contributed by atoms with E-state index in [1.54, 1.807) is 36.0 Å². The molecule has 0 aliphatic heterocycles. The zero-order valence-corrected chi connectivity index (χ0v) is 15.6. The first kappa shape index (κ1) is 21.1. The summed E-state index contributed by atoms with van der Waals surface area (Å²) in [5.41, 5.74) is 5.49. The fourth-order valence-electron chi connectivity index (χ4n) is 2.48. The van der Waals surface area contributed by atoms with Crippen LogP contribution in [0.25, 0.3) is 0 Å². The Labute approximate surface area is 164 Å². The second-order valence-electron chi connectivity index (χ2n) is 6.19. The van der Waals surface area contributed by atoms with E-state index >= 15 is 0 Å². The van der Waals surface area contributed by atoms with Gasteiger partial charge < -0.3 is 4.74 Å². The van der Waals surface area contributed by atoms with E-state index in [1.807, 2.05) is 30.3 Å². The van der Waals surface area contributed by atoms with E-state index in [-0.39, 0.29) is 11.8 Å². The number of benzene rings is 2. The summed E-state index contributed by atoms with van der Waals surface area (Å²) in [5, 5.41) is 12.4. The third-order valence-electron chi connectivity index (χ3n) is 3.97. The number of rotatable bonds is 11. The van der Waals surface area contributed by atoms with Gasteiger partial charge in [0, 0.05) is 12.0 Å². The lowest BCUT2D eigenvalue weighted by Gasteiger charge is -2.07. The number of hydrazone groups is 1. The van der Waals surface area contributed by atoms with Gasteiger partial charge in [-0.15, -0.1) is 0 Å². The molecule has 0 aliphatic carbocycles. The number of carbonyl (C=O) groups excluding carboxylic acids is 2. The maximum absolute atomic E-state index is 12.2. The summed E-state index contributed by atoms with van der Waals surface area (Å²) in [5.74, 6) is -0.0430. The number of ether oxygens (including phenoxy) is 1. The highest BCUT2D eigenvalue weighted by molar-refractivity contribution is 5.95. The Hall–Kier alpha value is -3.19. The lowest BCUT2D eigenvalue weighted by Crippen LogP contribution is -2.17. The largest absolute Gasteiger partial charge is 0.494 e. The lowest BCUT2D eigenvalue weighted by atomic mass is 10.1. The standard InChI is InChI=1S/C21H25N3O4/c25-20(24-27)13-6-1-2-7-14-28-19-12-8-11-18(15-19)21(26)23-22-16-17-9-4-3-5-10-17/h3-5,8-12,15-16,27H,1-2,6-7,13-14H2,(H,23,26)(H,24,25)/b22-16+. The fourth-order valence-corrected chi connectivity index (χ4v) is 2.48. The topological polar surface area (TPSA) is 100 Å². The fraction of sp³-hybridized carbons (Fsp3) is 0.286. The third-order valence-corrected chi connectivity index (χ3v) is 3.97. The van der Waals surface area contributed by atoms with Gasteiger partial charge in [-0.3, -0.25) is 14.8 Å². The zero-order chi connectivity index (χ0) is 20.0. The summed E-state index contributed by atoms with van der Waals surface area (Å²) in [4.78, 5) is 23.1. The molecule has 0 aliphatic rings. The van der Waals surface area contributed by atoms with Crippen LogP contribution < -0.4 is 15.6 Å². The van der Waals surface area contributed by atoms with Crippen LogP contribution in [0, 0.1) is 0 Å². The van der Waals surface area contributed by atoms with Crippen LogP contribution in [0.3, 0.4) is 0 Å². The molecule has 2 aromatic carbocycles. The Morgan fingerprint density at radius 2 is 1.79 bits per heavy atom. The van der Waals surface area contributed by atoms with Crippen molar-refractivity contribution in [3.8, 4) is 5.75 Å². The first-order valence-corrected chi connectivity index (χ1v) is 9.23. The molecule has 148 valence electrons. The number of unbranched alkanes of at least 4 members (excludes halogenated alkanes) is 3. The van der Waals surface area contributed by atoms with E-state index < -0.39 is 0 Å². The van der Waals surface area contributed by atoms with Crippen molar-refractivity contribution in [2.45, 2.75) is 32.1 Å². The second kappa shape index (κ2) is 12.2. The third kappa shape index (κ3) is 8.01. The van der Waals surface area contributed by atoms with Gasteiger partial charge in [0.15, 0.2) is 0 Å². The van der Waals surface area contributed by atoms with E-state index in [4.69, 9.17) is 9.94 Å². The Bertz CT molecular complexity index is 778. The van der Waals surface area contributed by atoms with Crippen molar-refractivity contribution < 1.29 is 19.5 Å². The van der Waals surface area contributed by atoms with Crippen LogP contribution in [-0.2, 0) is 4.79 Å². The average molecular weight is 383 g/mol. The molecule has 2 amide bonds. The van der Waals surface area contributed by atoms with Crippen LogP contribution in [0.15, 0.2) is 59.7 Å². The zero-order valence-electron chi connectivity index (χ0n) is 15.6. The van der Waals surface area contributed by atoms with Crippen molar-refractivity contribution >= 4 is 18.0 Å². The highest BCUT2D eigenvalue weighted by Crippen LogP contribution is 2.14. The summed E-state index contributed by atoms with van der Waals surface area (Å²) >= 11 is 0. The number of nitrogens with one attached hydrogen (secondary N) is 2. The smallest absolute Gasteiger partial charge is 0.271 e. The molecular weight excluding hydrogens is 358 g/mol. The highest BCUT2D eigenvalue weighted by Gasteiger charge is 2.06. The molecule has 2 aromatic rings. The van der Waals surface area contributed by atoms with E-state index in [2.05, 4.69) is 10.5 Å². The summed E-state index contributed by atoms with van der Waals surface area (Å²) in [6.07, 6.45) is 5.29. The molecule has 0 bridgehead atoms. The minimum absolute atomic E-state index is 0.306. The number of hydrogen-bond donors (Lipinski definition) is 3. The number of hydrogen-bond acceptors (Lipinski definition) is 5. The van der Waals surface area contributed by atoms with Gasteiger partial charge in [-0.1, -0.05) is 49.2 Å². The summed E-state index contributed by atoms with van der Waals surface area (Å²) in [7, 11) is 0. The minimum Gasteiger partial charge on any atom is -0.494 e. The summed E-state index contributed by atoms with van der Waals surface area (Å²) in [6.45, 7) is 0.531. The van der Waals surface area contributed by atoms with Crippen LogP contribution in [0.2, 0.25) is 0 Å². The summed E-state index contributed by atoms with van der Waals surface area (Å²) < 4.78 is 5.68.